The Morgan fingerprint density at radius 3 is 2.89 bits per heavy atom. The van der Waals surface area contributed by atoms with Gasteiger partial charge in [-0.1, -0.05) is 13.8 Å². The molecule has 2 N–H and O–H groups in total. The lowest BCUT2D eigenvalue weighted by Crippen LogP contribution is -2.40. The van der Waals surface area contributed by atoms with E-state index in [1.165, 1.54) is 0 Å². The standard InChI is InChI=1S/C13H22N4O/c1-11(2)9-17-13(14-3)16-7-8-18-12-5-4-6-15-10-12/h4-6,10-11H,7-9H2,1-3H3,(H2,14,16,17). The summed E-state index contributed by atoms with van der Waals surface area (Å²) in [5, 5.41) is 6.43. The molecule has 18 heavy (non-hydrogen) atoms. The van der Waals surface area contributed by atoms with Gasteiger partial charge in [0.2, 0.25) is 0 Å². The first-order chi connectivity index (χ1) is 8.72. The van der Waals surface area contributed by atoms with Crippen molar-refractivity contribution in [2.45, 2.75) is 13.8 Å². The van der Waals surface area contributed by atoms with Crippen LogP contribution in [0.1, 0.15) is 13.8 Å². The Bertz CT molecular complexity index is 351. The molecule has 0 atom stereocenters. The molecule has 5 nitrogen and oxygen atoms in total. The summed E-state index contributed by atoms with van der Waals surface area (Å²) in [5.41, 5.74) is 0. The lowest BCUT2D eigenvalue weighted by Gasteiger charge is -2.13. The Balaban J connectivity index is 2.16. The van der Waals surface area contributed by atoms with Crippen molar-refractivity contribution in [3.8, 4) is 5.75 Å². The third-order valence-corrected chi connectivity index (χ3v) is 2.20. The number of nitrogens with zero attached hydrogens (tertiary/aromatic N) is 2. The van der Waals surface area contributed by atoms with E-state index in [1.807, 2.05) is 12.1 Å². The zero-order valence-corrected chi connectivity index (χ0v) is 11.3. The maximum atomic E-state index is 5.52. The van der Waals surface area contributed by atoms with Crippen LogP contribution in [0, 0.1) is 5.92 Å². The molecule has 0 spiro atoms. The largest absolute Gasteiger partial charge is 0.490 e. The van der Waals surface area contributed by atoms with Crippen LogP contribution in [-0.2, 0) is 0 Å². The Morgan fingerprint density at radius 2 is 2.28 bits per heavy atom. The average Bonchev–Trinajstić information content (AvgIpc) is 2.39. The summed E-state index contributed by atoms with van der Waals surface area (Å²) in [6.07, 6.45) is 3.43. The van der Waals surface area contributed by atoms with Gasteiger partial charge in [-0.3, -0.25) is 9.98 Å². The average molecular weight is 250 g/mol. The molecule has 0 saturated carbocycles. The molecule has 0 saturated heterocycles. The van der Waals surface area contributed by atoms with Gasteiger partial charge in [0.15, 0.2) is 5.96 Å². The molecular weight excluding hydrogens is 228 g/mol. The SMILES string of the molecule is CN=C(NCCOc1cccnc1)NCC(C)C. The number of guanidine groups is 1. The maximum Gasteiger partial charge on any atom is 0.191 e. The van der Waals surface area contributed by atoms with E-state index in [9.17, 15) is 0 Å². The van der Waals surface area contributed by atoms with E-state index >= 15 is 0 Å². The minimum absolute atomic E-state index is 0.577. The highest BCUT2D eigenvalue weighted by molar-refractivity contribution is 5.79. The van der Waals surface area contributed by atoms with Gasteiger partial charge >= 0.3 is 0 Å². The van der Waals surface area contributed by atoms with E-state index in [2.05, 4.69) is 34.5 Å². The predicted molar refractivity (Wildman–Crippen MR) is 73.9 cm³/mol. The number of pyridine rings is 1. The summed E-state index contributed by atoms with van der Waals surface area (Å²) in [4.78, 5) is 8.11. The van der Waals surface area contributed by atoms with Crippen molar-refractivity contribution in [3.05, 3.63) is 24.5 Å². The van der Waals surface area contributed by atoms with E-state index in [-0.39, 0.29) is 0 Å². The third-order valence-electron chi connectivity index (χ3n) is 2.20. The van der Waals surface area contributed by atoms with Crippen molar-refractivity contribution in [1.29, 1.82) is 0 Å². The van der Waals surface area contributed by atoms with E-state index in [0.717, 1.165) is 18.3 Å². The molecule has 1 rings (SSSR count). The summed E-state index contributed by atoms with van der Waals surface area (Å²) in [6, 6.07) is 3.74. The van der Waals surface area contributed by atoms with Gasteiger partial charge < -0.3 is 15.4 Å². The molecule has 0 fully saturated rings. The molecule has 100 valence electrons. The van der Waals surface area contributed by atoms with Crippen LogP contribution in [0.2, 0.25) is 0 Å². The van der Waals surface area contributed by atoms with Crippen molar-refractivity contribution in [2.24, 2.45) is 10.9 Å². The fourth-order valence-electron chi connectivity index (χ4n) is 1.29. The lowest BCUT2D eigenvalue weighted by molar-refractivity contribution is 0.320. The molecule has 1 heterocycles. The smallest absolute Gasteiger partial charge is 0.191 e. The second kappa shape index (κ2) is 8.33. The van der Waals surface area contributed by atoms with Gasteiger partial charge in [0.25, 0.3) is 0 Å². The first-order valence-corrected chi connectivity index (χ1v) is 6.19. The van der Waals surface area contributed by atoms with Crippen molar-refractivity contribution in [3.63, 3.8) is 0 Å². The first kappa shape index (κ1) is 14.3. The number of hydrogen-bond acceptors (Lipinski definition) is 3. The molecule has 0 unspecified atom stereocenters. The summed E-state index contributed by atoms with van der Waals surface area (Å²) >= 11 is 0. The van der Waals surface area contributed by atoms with Gasteiger partial charge in [0.1, 0.15) is 12.4 Å². The number of nitrogens with one attached hydrogen (secondary N) is 2. The molecule has 1 aromatic rings. The number of rotatable bonds is 6. The van der Waals surface area contributed by atoms with Gasteiger partial charge in [-0.2, -0.15) is 0 Å². The van der Waals surface area contributed by atoms with Crippen molar-refractivity contribution in [1.82, 2.24) is 15.6 Å². The minimum Gasteiger partial charge on any atom is -0.490 e. The molecule has 0 radical (unpaired) electrons. The molecule has 0 amide bonds. The number of aromatic nitrogens is 1. The highest BCUT2D eigenvalue weighted by atomic mass is 16.5. The van der Waals surface area contributed by atoms with Crippen LogP contribution in [0.5, 0.6) is 5.75 Å². The van der Waals surface area contributed by atoms with Gasteiger partial charge in [0.05, 0.1) is 12.7 Å². The van der Waals surface area contributed by atoms with Crippen LogP contribution >= 0.6 is 0 Å². The van der Waals surface area contributed by atoms with E-state index in [0.29, 0.717) is 19.1 Å². The Hall–Kier alpha value is -1.78. The van der Waals surface area contributed by atoms with Crippen LogP contribution in [0.3, 0.4) is 0 Å². The van der Waals surface area contributed by atoms with Crippen LogP contribution in [-0.4, -0.2) is 37.7 Å². The van der Waals surface area contributed by atoms with Gasteiger partial charge in [-0.25, -0.2) is 0 Å². The Kier molecular flexibility index (Phi) is 6.61. The predicted octanol–water partition coefficient (Wildman–Crippen LogP) is 1.28. The van der Waals surface area contributed by atoms with Crippen LogP contribution in [0.15, 0.2) is 29.5 Å². The molecule has 1 aromatic heterocycles. The number of ether oxygens (including phenoxy) is 1. The normalized spacial score (nSPS) is 11.4. The van der Waals surface area contributed by atoms with E-state index < -0.39 is 0 Å². The summed E-state index contributed by atoms with van der Waals surface area (Å²) in [5.74, 6) is 2.18. The second-order valence-corrected chi connectivity index (χ2v) is 4.31. The second-order valence-electron chi connectivity index (χ2n) is 4.31. The summed E-state index contributed by atoms with van der Waals surface area (Å²) in [6.45, 7) is 6.50. The van der Waals surface area contributed by atoms with Gasteiger partial charge in [-0.15, -0.1) is 0 Å². The zero-order chi connectivity index (χ0) is 13.2. The summed E-state index contributed by atoms with van der Waals surface area (Å²) < 4.78 is 5.52. The van der Waals surface area contributed by atoms with Crippen LogP contribution in [0.25, 0.3) is 0 Å². The zero-order valence-electron chi connectivity index (χ0n) is 11.3. The fourth-order valence-corrected chi connectivity index (χ4v) is 1.29. The molecule has 0 bridgehead atoms. The molecule has 0 aliphatic heterocycles. The highest BCUT2D eigenvalue weighted by Crippen LogP contribution is 2.04. The number of hydrogen-bond donors (Lipinski definition) is 2. The monoisotopic (exact) mass is 250 g/mol. The van der Waals surface area contributed by atoms with Gasteiger partial charge in [-0.05, 0) is 18.1 Å². The quantitative estimate of drug-likeness (QED) is 0.454. The van der Waals surface area contributed by atoms with Crippen molar-refractivity contribution >= 4 is 5.96 Å². The number of aliphatic imine (C=N–C) groups is 1. The van der Waals surface area contributed by atoms with Crippen LogP contribution < -0.4 is 15.4 Å². The van der Waals surface area contributed by atoms with E-state index in [1.54, 1.807) is 19.4 Å². The van der Waals surface area contributed by atoms with Crippen molar-refractivity contribution in [2.75, 3.05) is 26.7 Å². The highest BCUT2D eigenvalue weighted by Gasteiger charge is 1.98. The van der Waals surface area contributed by atoms with Gasteiger partial charge in [0, 0.05) is 19.8 Å². The lowest BCUT2D eigenvalue weighted by atomic mass is 10.2. The fraction of sp³-hybridized carbons (Fsp3) is 0.538. The minimum atomic E-state index is 0.577. The molecule has 0 aliphatic carbocycles. The maximum absolute atomic E-state index is 5.52. The third kappa shape index (κ3) is 6.08. The van der Waals surface area contributed by atoms with Crippen molar-refractivity contribution < 1.29 is 4.74 Å². The topological polar surface area (TPSA) is 58.5 Å². The molecular formula is C13H22N4O. The Morgan fingerprint density at radius 1 is 1.44 bits per heavy atom. The Labute approximate surface area is 109 Å². The molecule has 5 heteroatoms. The summed E-state index contributed by atoms with van der Waals surface area (Å²) in [7, 11) is 1.76. The molecule has 0 aromatic carbocycles. The van der Waals surface area contributed by atoms with E-state index in [4.69, 9.17) is 4.74 Å². The van der Waals surface area contributed by atoms with Crippen LogP contribution in [0.4, 0.5) is 0 Å². The molecule has 0 aliphatic rings. The first-order valence-electron chi connectivity index (χ1n) is 6.19.